The van der Waals surface area contributed by atoms with E-state index in [1.807, 2.05) is 13.0 Å². The maximum absolute atomic E-state index is 13.1. The van der Waals surface area contributed by atoms with Crippen molar-refractivity contribution in [2.75, 3.05) is 20.3 Å². The van der Waals surface area contributed by atoms with Gasteiger partial charge in [-0.2, -0.15) is 0 Å². The number of ether oxygens (including phenoxy) is 1. The Labute approximate surface area is 90.4 Å². The molecule has 0 fully saturated rings. The minimum absolute atomic E-state index is 0.138. The number of likely N-dealkylation sites (N-methyl/N-ethyl adjacent to an activating group) is 1. The van der Waals surface area contributed by atoms with E-state index in [1.165, 1.54) is 6.07 Å². The number of nitrogens with one attached hydrogen (secondary N) is 1. The fourth-order valence-corrected chi connectivity index (χ4v) is 1.57. The molecule has 1 N–H and O–H groups in total. The maximum atomic E-state index is 13.1. The summed E-state index contributed by atoms with van der Waals surface area (Å²) in [6.45, 7) is 5.27. The summed E-state index contributed by atoms with van der Waals surface area (Å²) in [5.41, 5.74) is 1.74. The van der Waals surface area contributed by atoms with E-state index in [2.05, 4.69) is 5.32 Å². The zero-order valence-electron chi connectivity index (χ0n) is 9.51. The van der Waals surface area contributed by atoms with Gasteiger partial charge in [0.2, 0.25) is 0 Å². The summed E-state index contributed by atoms with van der Waals surface area (Å²) >= 11 is 0. The predicted octanol–water partition coefficient (Wildman–Crippen LogP) is 2.43. The van der Waals surface area contributed by atoms with Crippen LogP contribution in [0, 0.1) is 12.7 Å². The molecule has 0 saturated heterocycles. The Balaban J connectivity index is 2.85. The molecule has 84 valence electrons. The number of rotatable bonds is 5. The van der Waals surface area contributed by atoms with Crippen LogP contribution < -0.4 is 5.32 Å². The first-order chi connectivity index (χ1) is 7.19. The number of hydrogen-bond acceptors (Lipinski definition) is 2. The molecule has 1 atom stereocenters. The van der Waals surface area contributed by atoms with Gasteiger partial charge in [-0.1, -0.05) is 19.1 Å². The molecule has 1 rings (SSSR count). The SMILES string of the molecule is CCNC(COC)c1ccc(F)c(C)c1. The molecular formula is C12H18FNO. The van der Waals surface area contributed by atoms with E-state index in [9.17, 15) is 4.39 Å². The van der Waals surface area contributed by atoms with Crippen molar-refractivity contribution in [1.82, 2.24) is 5.32 Å². The third-order valence-corrected chi connectivity index (χ3v) is 2.37. The van der Waals surface area contributed by atoms with Gasteiger partial charge in [-0.05, 0) is 30.7 Å². The van der Waals surface area contributed by atoms with E-state index in [1.54, 1.807) is 20.1 Å². The zero-order chi connectivity index (χ0) is 11.3. The normalized spacial score (nSPS) is 12.8. The van der Waals surface area contributed by atoms with Gasteiger partial charge in [0.15, 0.2) is 0 Å². The lowest BCUT2D eigenvalue weighted by Gasteiger charge is -2.17. The molecule has 0 bridgehead atoms. The zero-order valence-corrected chi connectivity index (χ0v) is 9.51. The van der Waals surface area contributed by atoms with E-state index in [0.29, 0.717) is 12.2 Å². The average Bonchev–Trinajstić information content (AvgIpc) is 2.22. The van der Waals surface area contributed by atoms with Crippen LogP contribution in [0.3, 0.4) is 0 Å². The smallest absolute Gasteiger partial charge is 0.126 e. The monoisotopic (exact) mass is 211 g/mol. The summed E-state index contributed by atoms with van der Waals surface area (Å²) in [6, 6.07) is 5.31. The minimum Gasteiger partial charge on any atom is -0.383 e. The molecule has 0 aliphatic carbocycles. The van der Waals surface area contributed by atoms with Gasteiger partial charge in [-0.3, -0.25) is 0 Å². The molecule has 1 unspecified atom stereocenters. The van der Waals surface area contributed by atoms with Gasteiger partial charge in [0.1, 0.15) is 5.82 Å². The van der Waals surface area contributed by atoms with Gasteiger partial charge in [0.05, 0.1) is 12.6 Å². The first-order valence-corrected chi connectivity index (χ1v) is 5.17. The topological polar surface area (TPSA) is 21.3 Å². The molecule has 3 heteroatoms. The van der Waals surface area contributed by atoms with Crippen LogP contribution >= 0.6 is 0 Å². The number of aryl methyl sites for hydroxylation is 1. The van der Waals surface area contributed by atoms with Gasteiger partial charge in [0.25, 0.3) is 0 Å². The fourth-order valence-electron chi connectivity index (χ4n) is 1.57. The lowest BCUT2D eigenvalue weighted by atomic mass is 10.0. The summed E-state index contributed by atoms with van der Waals surface area (Å²) in [4.78, 5) is 0. The number of hydrogen-bond donors (Lipinski definition) is 1. The second kappa shape index (κ2) is 5.83. The molecule has 0 amide bonds. The van der Waals surface area contributed by atoms with Crippen molar-refractivity contribution in [2.24, 2.45) is 0 Å². The molecular weight excluding hydrogens is 193 g/mol. The van der Waals surface area contributed by atoms with Crippen molar-refractivity contribution < 1.29 is 9.13 Å². The van der Waals surface area contributed by atoms with Crippen LogP contribution in [-0.4, -0.2) is 20.3 Å². The Morgan fingerprint density at radius 3 is 2.73 bits per heavy atom. The Kier molecular flexibility index (Phi) is 4.72. The molecule has 0 spiro atoms. The Hall–Kier alpha value is -0.930. The van der Waals surface area contributed by atoms with E-state index >= 15 is 0 Å². The van der Waals surface area contributed by atoms with Crippen molar-refractivity contribution in [1.29, 1.82) is 0 Å². The lowest BCUT2D eigenvalue weighted by Crippen LogP contribution is -2.25. The van der Waals surface area contributed by atoms with Gasteiger partial charge in [0, 0.05) is 7.11 Å². The van der Waals surface area contributed by atoms with Gasteiger partial charge in [-0.15, -0.1) is 0 Å². The van der Waals surface area contributed by atoms with Crippen LogP contribution in [0.15, 0.2) is 18.2 Å². The molecule has 0 aliphatic heterocycles. The first kappa shape index (κ1) is 12.1. The van der Waals surface area contributed by atoms with E-state index in [4.69, 9.17) is 4.74 Å². The van der Waals surface area contributed by atoms with Crippen molar-refractivity contribution in [3.63, 3.8) is 0 Å². The van der Waals surface area contributed by atoms with Crippen LogP contribution in [0.2, 0.25) is 0 Å². The standard InChI is InChI=1S/C12H18FNO/c1-4-14-12(8-15-3)10-5-6-11(13)9(2)7-10/h5-7,12,14H,4,8H2,1-3H3. The Morgan fingerprint density at radius 2 is 2.20 bits per heavy atom. The molecule has 0 saturated carbocycles. The Morgan fingerprint density at radius 1 is 1.47 bits per heavy atom. The summed E-state index contributed by atoms with van der Waals surface area (Å²) in [5, 5.41) is 3.30. The highest BCUT2D eigenvalue weighted by Gasteiger charge is 2.10. The van der Waals surface area contributed by atoms with Crippen molar-refractivity contribution in [2.45, 2.75) is 19.9 Å². The number of halogens is 1. The number of benzene rings is 1. The average molecular weight is 211 g/mol. The molecule has 0 heterocycles. The van der Waals surface area contributed by atoms with Gasteiger partial charge >= 0.3 is 0 Å². The minimum atomic E-state index is -0.161. The van der Waals surface area contributed by atoms with Crippen LogP contribution in [0.25, 0.3) is 0 Å². The third-order valence-electron chi connectivity index (χ3n) is 2.37. The van der Waals surface area contributed by atoms with Crippen molar-refractivity contribution >= 4 is 0 Å². The maximum Gasteiger partial charge on any atom is 0.126 e. The highest BCUT2D eigenvalue weighted by Crippen LogP contribution is 2.16. The highest BCUT2D eigenvalue weighted by molar-refractivity contribution is 5.26. The van der Waals surface area contributed by atoms with Crippen molar-refractivity contribution in [3.05, 3.63) is 35.1 Å². The number of methoxy groups -OCH3 is 1. The highest BCUT2D eigenvalue weighted by atomic mass is 19.1. The molecule has 0 radical (unpaired) electrons. The van der Waals surface area contributed by atoms with E-state index in [-0.39, 0.29) is 11.9 Å². The summed E-state index contributed by atoms with van der Waals surface area (Å²) < 4.78 is 18.2. The molecule has 15 heavy (non-hydrogen) atoms. The second-order valence-corrected chi connectivity index (χ2v) is 3.57. The first-order valence-electron chi connectivity index (χ1n) is 5.17. The third kappa shape index (κ3) is 3.29. The summed E-state index contributed by atoms with van der Waals surface area (Å²) in [5.74, 6) is -0.161. The largest absolute Gasteiger partial charge is 0.383 e. The van der Waals surface area contributed by atoms with Crippen LogP contribution in [0.5, 0.6) is 0 Å². The molecule has 0 aromatic heterocycles. The van der Waals surface area contributed by atoms with Gasteiger partial charge in [-0.25, -0.2) is 4.39 Å². The lowest BCUT2D eigenvalue weighted by molar-refractivity contribution is 0.168. The predicted molar refractivity (Wildman–Crippen MR) is 59.4 cm³/mol. The Bertz CT molecular complexity index is 308. The van der Waals surface area contributed by atoms with E-state index in [0.717, 1.165) is 12.1 Å². The summed E-state index contributed by atoms with van der Waals surface area (Å²) in [7, 11) is 1.67. The quantitative estimate of drug-likeness (QED) is 0.807. The molecule has 2 nitrogen and oxygen atoms in total. The van der Waals surface area contributed by atoms with Crippen LogP contribution in [0.4, 0.5) is 4.39 Å². The van der Waals surface area contributed by atoms with E-state index < -0.39 is 0 Å². The van der Waals surface area contributed by atoms with Crippen LogP contribution in [0.1, 0.15) is 24.1 Å². The molecule has 1 aromatic rings. The summed E-state index contributed by atoms with van der Waals surface area (Å²) in [6.07, 6.45) is 0. The van der Waals surface area contributed by atoms with Crippen LogP contribution in [-0.2, 0) is 4.74 Å². The van der Waals surface area contributed by atoms with Gasteiger partial charge < -0.3 is 10.1 Å². The second-order valence-electron chi connectivity index (χ2n) is 3.57. The molecule has 1 aromatic carbocycles. The fraction of sp³-hybridized carbons (Fsp3) is 0.500. The molecule has 0 aliphatic rings. The van der Waals surface area contributed by atoms with Crippen molar-refractivity contribution in [3.8, 4) is 0 Å².